The maximum atomic E-state index is 10.9. The van der Waals surface area contributed by atoms with Crippen LogP contribution in [0.25, 0.3) is 49.2 Å². The van der Waals surface area contributed by atoms with Crippen molar-refractivity contribution in [2.45, 2.75) is 102 Å². The molecule has 0 amide bonds. The molecule has 2 heterocycles. The van der Waals surface area contributed by atoms with Crippen LogP contribution < -0.4 is 0 Å². The first-order chi connectivity index (χ1) is 24.0. The Morgan fingerprint density at radius 3 is 1.35 bits per heavy atom. The third-order valence-electron chi connectivity index (χ3n) is 15.2. The van der Waals surface area contributed by atoms with Crippen LogP contribution in [0, 0.1) is 60.2 Å². The van der Waals surface area contributed by atoms with Crippen molar-refractivity contribution >= 4 is 38.1 Å². The highest BCUT2D eigenvalue weighted by Gasteiger charge is 2.47. The van der Waals surface area contributed by atoms with E-state index in [4.69, 9.17) is 0 Å². The smallest absolute Gasteiger partial charge is 0.0995 e. The highest BCUT2D eigenvalue weighted by atomic mass is 14.9. The molecule has 4 atom stereocenters. The monoisotopic (exact) mass is 635 g/mol. The van der Waals surface area contributed by atoms with E-state index in [1.807, 2.05) is 0 Å². The number of benzene rings is 4. The van der Waals surface area contributed by atoms with E-state index in [0.717, 1.165) is 34.8 Å². The summed E-state index contributed by atoms with van der Waals surface area (Å²) in [6.45, 7) is 4.77. The summed E-state index contributed by atoms with van der Waals surface area (Å²) >= 11 is 0. The van der Waals surface area contributed by atoms with Crippen LogP contribution in [0.2, 0.25) is 0 Å². The fraction of sp³-hybridized carbons (Fsp3) is 0.435. The molecule has 6 aromatic rings. The summed E-state index contributed by atoms with van der Waals surface area (Å²) in [5.41, 5.74) is 16.9. The Kier molecular flexibility index (Phi) is 5.19. The van der Waals surface area contributed by atoms with E-state index in [9.17, 15) is 10.5 Å². The van der Waals surface area contributed by atoms with Crippen LogP contribution in [-0.2, 0) is 0 Å². The van der Waals surface area contributed by atoms with Gasteiger partial charge in [-0.05, 0) is 182 Å². The van der Waals surface area contributed by atoms with E-state index in [1.54, 1.807) is 0 Å². The van der Waals surface area contributed by atoms with Crippen molar-refractivity contribution in [2.24, 2.45) is 23.7 Å². The minimum Gasteiger partial charge on any atom is -0.308 e. The van der Waals surface area contributed by atoms with Crippen LogP contribution in [0.4, 0.5) is 0 Å². The summed E-state index contributed by atoms with van der Waals surface area (Å²) < 4.78 is 2.57. The van der Waals surface area contributed by atoms with Gasteiger partial charge in [-0.25, -0.2) is 0 Å². The van der Waals surface area contributed by atoms with Crippen molar-refractivity contribution in [3.8, 4) is 23.3 Å². The molecule has 14 rings (SSSR count). The normalized spacial score (nSPS) is 30.6. The van der Waals surface area contributed by atoms with Crippen molar-refractivity contribution < 1.29 is 0 Å². The van der Waals surface area contributed by atoms with Gasteiger partial charge >= 0.3 is 0 Å². The molecule has 0 N–H and O–H groups in total. The highest BCUT2D eigenvalue weighted by Crippen LogP contribution is 2.62. The number of hydrogen-bond acceptors (Lipinski definition) is 2. The van der Waals surface area contributed by atoms with E-state index < -0.39 is 0 Å². The zero-order valence-corrected chi connectivity index (χ0v) is 28.6. The summed E-state index contributed by atoms with van der Waals surface area (Å²) in [4.78, 5) is 0. The minimum atomic E-state index is 0.504. The zero-order chi connectivity index (χ0) is 32.4. The van der Waals surface area contributed by atoms with Gasteiger partial charge in [-0.1, -0.05) is 30.3 Å². The summed E-state index contributed by atoms with van der Waals surface area (Å²) in [5, 5.41) is 27.5. The number of aryl methyl sites for hydroxylation is 2. The fourth-order valence-electron chi connectivity index (χ4n) is 14.1. The Morgan fingerprint density at radius 1 is 0.531 bits per heavy atom. The second-order valence-electron chi connectivity index (χ2n) is 17.5. The first kappa shape index (κ1) is 27.5. The Bertz CT molecular complexity index is 2370. The molecule has 8 aliphatic rings. The van der Waals surface area contributed by atoms with Crippen molar-refractivity contribution in [3.63, 3.8) is 0 Å². The Labute approximate surface area is 287 Å². The lowest BCUT2D eigenvalue weighted by Crippen LogP contribution is -2.25. The Balaban J connectivity index is 1.34. The van der Waals surface area contributed by atoms with Gasteiger partial charge in [-0.2, -0.15) is 10.5 Å². The molecule has 0 aliphatic heterocycles. The summed E-state index contributed by atoms with van der Waals surface area (Å²) in [5.74, 6) is 5.21. The maximum Gasteiger partial charge on any atom is 0.0995 e. The molecular formula is C46H41N3. The molecule has 240 valence electrons. The Hall–Kier alpha value is -4.34. The van der Waals surface area contributed by atoms with E-state index in [2.05, 4.69) is 72.9 Å². The molecule has 4 fully saturated rings. The first-order valence-corrected chi connectivity index (χ1v) is 19.3. The average molecular weight is 636 g/mol. The van der Waals surface area contributed by atoms with Gasteiger partial charge < -0.3 is 4.40 Å². The fourth-order valence-corrected chi connectivity index (χ4v) is 14.1. The van der Waals surface area contributed by atoms with E-state index in [0.29, 0.717) is 23.7 Å². The maximum absolute atomic E-state index is 10.9. The standard InChI is InChI=1S/C46H41N3/c1-22-37(28-6-4-3-5-7-28)23(2)39-45-36(19-34(21-48)41-30-12-26-9-27(13-30)17-32(16-26)43(41)45)49-35-18-33(20-47)40-29-10-24-8-25(11-29)15-31(14-24)42(40)44(35)38(22)46(39)49/h3-7,18-19,24-27,29-32H,8-17H2,1-2H3. The molecule has 3 nitrogen and oxygen atoms in total. The minimum absolute atomic E-state index is 0.504. The number of aromatic nitrogens is 1. The van der Waals surface area contributed by atoms with Crippen LogP contribution >= 0.6 is 0 Å². The summed E-state index contributed by atoms with van der Waals surface area (Å²) in [6.07, 6.45) is 12.9. The number of hydrogen-bond donors (Lipinski definition) is 0. The number of nitriles is 2. The molecule has 0 radical (unpaired) electrons. The lowest BCUT2D eigenvalue weighted by Gasteiger charge is -2.38. The van der Waals surface area contributed by atoms with Gasteiger partial charge in [0, 0.05) is 21.5 Å². The molecule has 3 heteroatoms. The van der Waals surface area contributed by atoms with Crippen LogP contribution in [0.15, 0.2) is 42.5 Å². The van der Waals surface area contributed by atoms with E-state index in [1.165, 1.54) is 147 Å². The van der Waals surface area contributed by atoms with Crippen LogP contribution in [-0.4, -0.2) is 4.40 Å². The van der Waals surface area contributed by atoms with Crippen LogP contribution in [0.1, 0.15) is 132 Å². The molecule has 8 aliphatic carbocycles. The van der Waals surface area contributed by atoms with Crippen molar-refractivity contribution in [2.75, 3.05) is 0 Å². The number of fused-ring (bicyclic) bond motifs is 6. The van der Waals surface area contributed by atoms with Gasteiger partial charge in [-0.3, -0.25) is 0 Å². The van der Waals surface area contributed by atoms with Gasteiger partial charge in [0.05, 0.1) is 39.8 Å². The SMILES string of the molecule is Cc1c(-c2ccccc2)c(C)c2c3c4c(c(C#N)cc3n3c5cc(C#N)c6c(c5c1c23)C1CC2CC(CC6C2)C1)C1CC2CC(C1)CC4C2. The molecular weight excluding hydrogens is 595 g/mol. The molecule has 0 saturated heterocycles. The number of nitrogens with zero attached hydrogens (tertiary/aromatic N) is 3. The van der Waals surface area contributed by atoms with Gasteiger partial charge in [0.25, 0.3) is 0 Å². The molecule has 0 spiro atoms. The van der Waals surface area contributed by atoms with E-state index >= 15 is 0 Å². The Morgan fingerprint density at radius 2 is 0.939 bits per heavy atom. The zero-order valence-electron chi connectivity index (χ0n) is 28.6. The molecule has 4 unspecified atom stereocenters. The summed E-state index contributed by atoms with van der Waals surface area (Å²) in [7, 11) is 0. The number of rotatable bonds is 1. The quantitative estimate of drug-likeness (QED) is 0.180. The topological polar surface area (TPSA) is 52.0 Å². The van der Waals surface area contributed by atoms with Crippen LogP contribution in [0.5, 0.6) is 0 Å². The third kappa shape index (κ3) is 3.29. The molecule has 2 aromatic heterocycles. The highest BCUT2D eigenvalue weighted by molar-refractivity contribution is 6.28. The molecule has 8 bridgehead atoms. The van der Waals surface area contributed by atoms with Gasteiger partial charge in [0.15, 0.2) is 0 Å². The average Bonchev–Trinajstić information content (AvgIpc) is 3.47. The van der Waals surface area contributed by atoms with E-state index in [-0.39, 0.29) is 0 Å². The molecule has 4 aromatic carbocycles. The van der Waals surface area contributed by atoms with Crippen molar-refractivity contribution in [3.05, 3.63) is 87.0 Å². The van der Waals surface area contributed by atoms with Gasteiger partial charge in [0.1, 0.15) is 0 Å². The van der Waals surface area contributed by atoms with Crippen molar-refractivity contribution in [1.82, 2.24) is 4.40 Å². The summed E-state index contributed by atoms with van der Waals surface area (Å²) in [6, 6.07) is 21.3. The van der Waals surface area contributed by atoms with Gasteiger partial charge in [-0.15, -0.1) is 0 Å². The van der Waals surface area contributed by atoms with Gasteiger partial charge in [0.2, 0.25) is 0 Å². The second kappa shape index (κ2) is 9.25. The lowest BCUT2D eigenvalue weighted by atomic mass is 9.67. The third-order valence-corrected chi connectivity index (χ3v) is 15.2. The predicted molar refractivity (Wildman–Crippen MR) is 197 cm³/mol. The molecule has 49 heavy (non-hydrogen) atoms. The second-order valence-corrected chi connectivity index (χ2v) is 17.5. The first-order valence-electron chi connectivity index (χ1n) is 19.3. The van der Waals surface area contributed by atoms with Crippen LogP contribution in [0.3, 0.4) is 0 Å². The largest absolute Gasteiger partial charge is 0.308 e. The molecule has 4 saturated carbocycles. The lowest BCUT2D eigenvalue weighted by molar-refractivity contribution is 0.166. The van der Waals surface area contributed by atoms with Crippen molar-refractivity contribution in [1.29, 1.82) is 10.5 Å². The predicted octanol–water partition coefficient (Wildman–Crippen LogP) is 11.6.